The molecule has 0 saturated carbocycles. The van der Waals surface area contributed by atoms with Crippen LogP contribution in [-0.2, 0) is 10.0 Å². The summed E-state index contributed by atoms with van der Waals surface area (Å²) in [5, 5.41) is 3.67. The van der Waals surface area contributed by atoms with Gasteiger partial charge in [-0.2, -0.15) is 15.6 Å². The molecule has 0 aliphatic carbocycles. The first-order chi connectivity index (χ1) is 11.5. The lowest BCUT2D eigenvalue weighted by molar-refractivity contribution is 0.0698. The molecular formula is C16H18N2O4S2. The van der Waals surface area contributed by atoms with Gasteiger partial charge in [-0.15, -0.1) is 0 Å². The molecule has 24 heavy (non-hydrogen) atoms. The molecule has 8 heteroatoms. The van der Waals surface area contributed by atoms with E-state index in [4.69, 9.17) is 4.74 Å². The first-order valence-corrected chi connectivity index (χ1v) is 9.86. The van der Waals surface area contributed by atoms with E-state index in [9.17, 15) is 13.2 Å². The number of piperazine rings is 1. The molecule has 3 rings (SSSR count). The number of carbonyl (C=O) groups excluding carboxylic acids is 1. The third-order valence-corrected chi connectivity index (χ3v) is 6.59. The minimum absolute atomic E-state index is 0.0438. The smallest absolute Gasteiger partial charge is 0.254 e. The number of ether oxygens (including phenoxy) is 1. The monoisotopic (exact) mass is 366 g/mol. The van der Waals surface area contributed by atoms with Crippen molar-refractivity contribution in [2.75, 3.05) is 33.3 Å². The second kappa shape index (κ2) is 6.92. The fourth-order valence-corrected chi connectivity index (χ4v) is 4.65. The van der Waals surface area contributed by atoms with E-state index in [1.165, 1.54) is 34.9 Å². The highest BCUT2D eigenvalue weighted by molar-refractivity contribution is 7.89. The molecule has 0 radical (unpaired) electrons. The highest BCUT2D eigenvalue weighted by Crippen LogP contribution is 2.21. The molecule has 0 spiro atoms. The van der Waals surface area contributed by atoms with Crippen LogP contribution in [-0.4, -0.2) is 56.8 Å². The highest BCUT2D eigenvalue weighted by Gasteiger charge is 2.30. The van der Waals surface area contributed by atoms with Gasteiger partial charge in [0.25, 0.3) is 5.91 Å². The average Bonchev–Trinajstić information content (AvgIpc) is 3.16. The normalized spacial score (nSPS) is 16.1. The molecule has 1 aliphatic rings. The van der Waals surface area contributed by atoms with E-state index in [0.29, 0.717) is 37.5 Å². The van der Waals surface area contributed by atoms with Crippen molar-refractivity contribution in [2.45, 2.75) is 4.90 Å². The maximum absolute atomic E-state index is 12.7. The van der Waals surface area contributed by atoms with Crippen molar-refractivity contribution in [3.8, 4) is 5.75 Å². The summed E-state index contributed by atoms with van der Waals surface area (Å²) in [6.45, 7) is 1.38. The van der Waals surface area contributed by atoms with Crippen molar-refractivity contribution in [2.24, 2.45) is 0 Å². The van der Waals surface area contributed by atoms with Crippen molar-refractivity contribution in [1.82, 2.24) is 9.21 Å². The van der Waals surface area contributed by atoms with E-state index >= 15 is 0 Å². The second-order valence-corrected chi connectivity index (χ2v) is 8.10. The minimum atomic E-state index is -3.55. The Morgan fingerprint density at radius 1 is 1.08 bits per heavy atom. The van der Waals surface area contributed by atoms with Crippen LogP contribution in [0.2, 0.25) is 0 Å². The maximum atomic E-state index is 12.7. The van der Waals surface area contributed by atoms with Crippen LogP contribution in [0.5, 0.6) is 5.75 Å². The van der Waals surface area contributed by atoms with Gasteiger partial charge in [0.15, 0.2) is 0 Å². The topological polar surface area (TPSA) is 66.9 Å². The number of carbonyl (C=O) groups is 1. The number of amides is 1. The molecule has 1 fully saturated rings. The molecule has 128 valence electrons. The number of benzene rings is 1. The molecule has 1 saturated heterocycles. The molecule has 0 bridgehead atoms. The lowest BCUT2D eigenvalue weighted by Crippen LogP contribution is -2.50. The van der Waals surface area contributed by atoms with E-state index in [0.717, 1.165) is 0 Å². The average molecular weight is 366 g/mol. The summed E-state index contributed by atoms with van der Waals surface area (Å²) < 4.78 is 31.8. The van der Waals surface area contributed by atoms with E-state index in [-0.39, 0.29) is 10.8 Å². The van der Waals surface area contributed by atoms with Gasteiger partial charge in [-0.05, 0) is 35.7 Å². The quantitative estimate of drug-likeness (QED) is 0.829. The van der Waals surface area contributed by atoms with Gasteiger partial charge in [0.05, 0.1) is 17.6 Å². The van der Waals surface area contributed by atoms with Crippen molar-refractivity contribution >= 4 is 27.3 Å². The molecule has 1 aliphatic heterocycles. The first kappa shape index (κ1) is 16.9. The Morgan fingerprint density at radius 3 is 2.29 bits per heavy atom. The third-order valence-electron chi connectivity index (χ3n) is 3.99. The Kier molecular flexibility index (Phi) is 4.88. The van der Waals surface area contributed by atoms with E-state index < -0.39 is 10.0 Å². The molecule has 0 N–H and O–H groups in total. The Hall–Kier alpha value is -1.90. The number of thiophene rings is 1. The molecule has 0 unspecified atom stereocenters. The van der Waals surface area contributed by atoms with Crippen LogP contribution in [0.4, 0.5) is 0 Å². The SMILES string of the molecule is COc1ccc(S(=O)(=O)N2CCN(C(=O)c3ccsc3)CC2)cc1. The van der Waals surface area contributed by atoms with Crippen LogP contribution in [0.1, 0.15) is 10.4 Å². The van der Waals surface area contributed by atoms with Crippen molar-refractivity contribution in [3.05, 3.63) is 46.7 Å². The molecule has 2 aromatic rings. The number of hydrogen-bond acceptors (Lipinski definition) is 5. The number of nitrogens with zero attached hydrogens (tertiary/aromatic N) is 2. The fourth-order valence-electron chi connectivity index (χ4n) is 2.60. The van der Waals surface area contributed by atoms with Gasteiger partial charge >= 0.3 is 0 Å². The minimum Gasteiger partial charge on any atom is -0.497 e. The summed E-state index contributed by atoms with van der Waals surface area (Å²) in [7, 11) is -2.01. The lowest BCUT2D eigenvalue weighted by atomic mass is 10.2. The fraction of sp³-hybridized carbons (Fsp3) is 0.312. The largest absolute Gasteiger partial charge is 0.497 e. The summed E-state index contributed by atoms with van der Waals surface area (Å²) in [5.74, 6) is 0.567. The van der Waals surface area contributed by atoms with Crippen LogP contribution >= 0.6 is 11.3 Å². The first-order valence-electron chi connectivity index (χ1n) is 7.48. The van der Waals surface area contributed by atoms with Gasteiger partial charge in [-0.3, -0.25) is 4.79 Å². The molecule has 0 atom stereocenters. The number of rotatable bonds is 4. The Labute approximate surface area is 145 Å². The predicted molar refractivity (Wildman–Crippen MR) is 92.0 cm³/mol. The van der Waals surface area contributed by atoms with Gasteiger partial charge in [0.1, 0.15) is 5.75 Å². The summed E-state index contributed by atoms with van der Waals surface area (Å²) in [4.78, 5) is 14.2. The lowest BCUT2D eigenvalue weighted by Gasteiger charge is -2.33. The third kappa shape index (κ3) is 3.31. The zero-order chi connectivity index (χ0) is 17.2. The number of hydrogen-bond donors (Lipinski definition) is 0. The maximum Gasteiger partial charge on any atom is 0.254 e. The Balaban J connectivity index is 1.68. The summed E-state index contributed by atoms with van der Waals surface area (Å²) in [5.41, 5.74) is 0.659. The van der Waals surface area contributed by atoms with Crippen molar-refractivity contribution < 1.29 is 17.9 Å². The summed E-state index contributed by atoms with van der Waals surface area (Å²) in [6, 6.07) is 8.12. The van der Waals surface area contributed by atoms with Gasteiger partial charge in [-0.1, -0.05) is 0 Å². The predicted octanol–water partition coefficient (Wildman–Crippen LogP) is 1.90. The Morgan fingerprint density at radius 2 is 1.75 bits per heavy atom. The molecule has 2 heterocycles. The van der Waals surface area contributed by atoms with Gasteiger partial charge in [0, 0.05) is 31.6 Å². The zero-order valence-corrected chi connectivity index (χ0v) is 14.8. The van der Waals surface area contributed by atoms with Gasteiger partial charge in [-0.25, -0.2) is 8.42 Å². The Bertz CT molecular complexity index is 793. The van der Waals surface area contributed by atoms with Crippen LogP contribution < -0.4 is 4.74 Å². The molecule has 1 aromatic carbocycles. The number of sulfonamides is 1. The highest BCUT2D eigenvalue weighted by atomic mass is 32.2. The molecule has 1 aromatic heterocycles. The molecule has 1 amide bonds. The van der Waals surface area contributed by atoms with E-state index in [1.807, 2.05) is 10.8 Å². The summed E-state index contributed by atoms with van der Waals surface area (Å²) in [6.07, 6.45) is 0. The molecular weight excluding hydrogens is 348 g/mol. The van der Waals surface area contributed by atoms with E-state index in [2.05, 4.69) is 0 Å². The zero-order valence-electron chi connectivity index (χ0n) is 13.2. The van der Waals surface area contributed by atoms with E-state index in [1.54, 1.807) is 23.1 Å². The van der Waals surface area contributed by atoms with Crippen LogP contribution in [0.25, 0.3) is 0 Å². The number of methoxy groups -OCH3 is 1. The standard InChI is InChI=1S/C16H18N2O4S2/c1-22-14-2-4-15(5-3-14)24(20,21)18-9-7-17(8-10-18)16(19)13-6-11-23-12-13/h2-6,11-12H,7-10H2,1H3. The molecule has 6 nitrogen and oxygen atoms in total. The summed E-state index contributed by atoms with van der Waals surface area (Å²) >= 11 is 1.47. The van der Waals surface area contributed by atoms with Crippen molar-refractivity contribution in [3.63, 3.8) is 0 Å². The van der Waals surface area contributed by atoms with Crippen LogP contribution in [0, 0.1) is 0 Å². The second-order valence-electron chi connectivity index (χ2n) is 5.38. The van der Waals surface area contributed by atoms with Crippen molar-refractivity contribution in [1.29, 1.82) is 0 Å². The van der Waals surface area contributed by atoms with Gasteiger partial charge < -0.3 is 9.64 Å². The van der Waals surface area contributed by atoms with Gasteiger partial charge in [0.2, 0.25) is 10.0 Å². The van der Waals surface area contributed by atoms with Crippen LogP contribution in [0.3, 0.4) is 0 Å². The van der Waals surface area contributed by atoms with Crippen LogP contribution in [0.15, 0.2) is 46.0 Å².